The van der Waals surface area contributed by atoms with Crippen LogP contribution in [-0.4, -0.2) is 54.9 Å². The fourth-order valence-corrected chi connectivity index (χ4v) is 4.39. The van der Waals surface area contributed by atoms with E-state index in [1.165, 1.54) is 12.1 Å². The third-order valence-electron chi connectivity index (χ3n) is 6.15. The zero-order chi connectivity index (χ0) is 24.9. The van der Waals surface area contributed by atoms with Gasteiger partial charge in [-0.1, -0.05) is 23.7 Å². The summed E-state index contributed by atoms with van der Waals surface area (Å²) in [5.74, 6) is -1.46. The molecule has 2 aliphatic heterocycles. The summed E-state index contributed by atoms with van der Waals surface area (Å²) in [7, 11) is 2.05. The van der Waals surface area contributed by atoms with E-state index in [0.29, 0.717) is 11.3 Å². The Hall–Kier alpha value is -3.36. The number of hydrogen-bond donors (Lipinski definition) is 2. The smallest absolute Gasteiger partial charge is 0.270 e. The molecule has 2 amide bonds. The van der Waals surface area contributed by atoms with Crippen LogP contribution in [0.3, 0.4) is 0 Å². The standard InChI is InChI=1S/C26H26ClFN4O3/c1-32-12-9-19(10-13-32)31-26(35)24-21(8-11-29-24)25(34)30-18-5-2-16(3-6-18)14-23(33)20-7-4-17(28)15-22(20)27/h2-7,11,15,19H,8-10,12-14H2,1H3,(H,30,34)(H,31,35). The van der Waals surface area contributed by atoms with Crippen LogP contribution < -0.4 is 10.6 Å². The highest BCUT2D eigenvalue weighted by Crippen LogP contribution is 2.22. The monoisotopic (exact) mass is 496 g/mol. The number of aliphatic imine (C=N–C) groups is 1. The van der Waals surface area contributed by atoms with Crippen LogP contribution in [0.2, 0.25) is 5.02 Å². The number of piperidine rings is 1. The third kappa shape index (κ3) is 6.21. The molecule has 0 unspecified atom stereocenters. The topological polar surface area (TPSA) is 90.9 Å². The Morgan fingerprint density at radius 2 is 1.80 bits per heavy atom. The summed E-state index contributed by atoms with van der Waals surface area (Å²) < 4.78 is 13.2. The molecule has 0 aliphatic carbocycles. The number of rotatable bonds is 7. The first-order valence-corrected chi connectivity index (χ1v) is 11.8. The highest BCUT2D eigenvalue weighted by molar-refractivity contribution is 6.34. The number of anilines is 1. The predicted molar refractivity (Wildman–Crippen MR) is 133 cm³/mol. The van der Waals surface area contributed by atoms with Gasteiger partial charge in [0.2, 0.25) is 0 Å². The SMILES string of the molecule is CN1CCC(NC(=O)C2=C(C(=O)Nc3ccc(CC(=O)c4ccc(F)cc4Cl)cc3)CC=N2)CC1. The Morgan fingerprint density at radius 1 is 1.09 bits per heavy atom. The number of carbonyl (C=O) groups excluding carboxylic acids is 3. The zero-order valence-electron chi connectivity index (χ0n) is 19.3. The van der Waals surface area contributed by atoms with Gasteiger partial charge >= 0.3 is 0 Å². The average molecular weight is 497 g/mol. The van der Waals surface area contributed by atoms with Gasteiger partial charge in [-0.2, -0.15) is 0 Å². The second-order valence-corrected chi connectivity index (χ2v) is 9.18. The van der Waals surface area contributed by atoms with E-state index in [9.17, 15) is 18.8 Å². The van der Waals surface area contributed by atoms with Crippen molar-refractivity contribution in [3.63, 3.8) is 0 Å². The second-order valence-electron chi connectivity index (χ2n) is 8.77. The summed E-state index contributed by atoms with van der Waals surface area (Å²) in [6.07, 6.45) is 3.66. The van der Waals surface area contributed by atoms with Crippen LogP contribution in [0.4, 0.5) is 10.1 Å². The van der Waals surface area contributed by atoms with Crippen molar-refractivity contribution in [3.8, 4) is 0 Å². The molecule has 182 valence electrons. The van der Waals surface area contributed by atoms with E-state index in [4.69, 9.17) is 11.6 Å². The van der Waals surface area contributed by atoms with E-state index in [1.807, 2.05) is 0 Å². The Balaban J connectivity index is 1.36. The molecule has 0 bridgehead atoms. The minimum absolute atomic E-state index is 0.0709. The maximum Gasteiger partial charge on any atom is 0.270 e. The van der Waals surface area contributed by atoms with Crippen molar-refractivity contribution in [2.75, 3.05) is 25.5 Å². The largest absolute Gasteiger partial charge is 0.348 e. The molecule has 4 rings (SSSR count). The van der Waals surface area contributed by atoms with Gasteiger partial charge in [0.1, 0.15) is 11.5 Å². The number of carbonyl (C=O) groups is 3. The lowest BCUT2D eigenvalue weighted by atomic mass is 10.0. The maximum absolute atomic E-state index is 13.2. The molecule has 2 N–H and O–H groups in total. The maximum atomic E-state index is 13.2. The number of nitrogens with one attached hydrogen (secondary N) is 2. The first-order valence-electron chi connectivity index (χ1n) is 11.4. The molecule has 2 aromatic carbocycles. The number of halogens is 2. The van der Waals surface area contributed by atoms with Gasteiger partial charge in [0, 0.05) is 36.3 Å². The van der Waals surface area contributed by atoms with E-state index in [-0.39, 0.29) is 46.9 Å². The number of amides is 2. The normalized spacial score (nSPS) is 16.4. The van der Waals surface area contributed by atoms with Gasteiger partial charge in [0.25, 0.3) is 11.8 Å². The summed E-state index contributed by atoms with van der Waals surface area (Å²) >= 11 is 5.98. The van der Waals surface area contributed by atoms with Gasteiger partial charge in [0.05, 0.1) is 10.6 Å². The Labute approximate surface area is 208 Å². The Kier molecular flexibility index (Phi) is 7.73. The zero-order valence-corrected chi connectivity index (χ0v) is 20.1. The van der Waals surface area contributed by atoms with E-state index >= 15 is 0 Å². The van der Waals surface area contributed by atoms with Crippen LogP contribution in [0.1, 0.15) is 35.2 Å². The summed E-state index contributed by atoms with van der Waals surface area (Å²) in [6.45, 7) is 1.83. The summed E-state index contributed by atoms with van der Waals surface area (Å²) in [5, 5.41) is 5.86. The molecule has 0 saturated carbocycles. The highest BCUT2D eigenvalue weighted by Gasteiger charge is 2.26. The molecule has 2 aliphatic rings. The first-order chi connectivity index (χ1) is 16.8. The molecule has 9 heteroatoms. The fourth-order valence-electron chi connectivity index (χ4n) is 4.11. The number of hydrogen-bond acceptors (Lipinski definition) is 5. The van der Waals surface area contributed by atoms with Crippen LogP contribution in [-0.2, 0) is 16.0 Å². The van der Waals surface area contributed by atoms with Crippen molar-refractivity contribution in [2.24, 2.45) is 4.99 Å². The van der Waals surface area contributed by atoms with Crippen LogP contribution in [0.5, 0.6) is 0 Å². The number of nitrogens with zero attached hydrogens (tertiary/aromatic N) is 2. The molecule has 35 heavy (non-hydrogen) atoms. The molecular formula is C26H26ClFN4O3. The van der Waals surface area contributed by atoms with Crippen molar-refractivity contribution in [1.82, 2.24) is 10.2 Å². The van der Waals surface area contributed by atoms with Crippen molar-refractivity contribution in [2.45, 2.75) is 31.7 Å². The van der Waals surface area contributed by atoms with Crippen molar-refractivity contribution >= 4 is 41.1 Å². The first kappa shape index (κ1) is 24.8. The molecule has 7 nitrogen and oxygen atoms in total. The molecule has 0 spiro atoms. The molecular weight excluding hydrogens is 471 g/mol. The highest BCUT2D eigenvalue weighted by atomic mass is 35.5. The van der Waals surface area contributed by atoms with Crippen molar-refractivity contribution in [3.05, 3.63) is 75.7 Å². The van der Waals surface area contributed by atoms with Crippen LogP contribution in [0.25, 0.3) is 0 Å². The quantitative estimate of drug-likeness (QED) is 0.571. The predicted octanol–water partition coefficient (Wildman–Crippen LogP) is 3.78. The molecule has 0 atom stereocenters. The van der Waals surface area contributed by atoms with E-state index in [0.717, 1.165) is 37.6 Å². The lowest BCUT2D eigenvalue weighted by molar-refractivity contribution is -0.119. The average Bonchev–Trinajstić information content (AvgIpc) is 3.32. The summed E-state index contributed by atoms with van der Waals surface area (Å²) in [6, 6.07) is 10.6. The number of benzene rings is 2. The van der Waals surface area contributed by atoms with Crippen LogP contribution >= 0.6 is 11.6 Å². The van der Waals surface area contributed by atoms with Gasteiger partial charge in [-0.15, -0.1) is 0 Å². The summed E-state index contributed by atoms with van der Waals surface area (Å²) in [4.78, 5) is 44.4. The fraction of sp³-hybridized carbons (Fsp3) is 0.308. The van der Waals surface area contributed by atoms with Gasteiger partial charge in [-0.05, 0) is 68.9 Å². The minimum Gasteiger partial charge on any atom is -0.348 e. The van der Waals surface area contributed by atoms with E-state index in [1.54, 1.807) is 30.5 Å². The van der Waals surface area contributed by atoms with Crippen LogP contribution in [0.15, 0.2) is 58.7 Å². The van der Waals surface area contributed by atoms with E-state index < -0.39 is 11.7 Å². The Bertz CT molecular complexity index is 1200. The van der Waals surface area contributed by atoms with Gasteiger partial charge in [0.15, 0.2) is 5.78 Å². The third-order valence-corrected chi connectivity index (χ3v) is 6.47. The number of Topliss-reactive ketones (excluding diaryl/α,β-unsaturated/α-hetero) is 1. The molecule has 1 saturated heterocycles. The molecule has 0 aromatic heterocycles. The van der Waals surface area contributed by atoms with E-state index in [2.05, 4.69) is 27.6 Å². The number of likely N-dealkylation sites (tertiary alicyclic amines) is 1. The van der Waals surface area contributed by atoms with Crippen molar-refractivity contribution < 1.29 is 18.8 Å². The second kappa shape index (κ2) is 10.9. The van der Waals surface area contributed by atoms with Gasteiger partial charge < -0.3 is 15.5 Å². The van der Waals surface area contributed by atoms with Gasteiger partial charge in [-0.25, -0.2) is 4.39 Å². The molecule has 2 aromatic rings. The Morgan fingerprint density at radius 3 is 2.49 bits per heavy atom. The summed E-state index contributed by atoms with van der Waals surface area (Å²) in [5.41, 5.74) is 1.97. The number of ketones is 1. The molecule has 0 radical (unpaired) electrons. The molecule has 2 heterocycles. The van der Waals surface area contributed by atoms with Crippen LogP contribution in [0, 0.1) is 5.82 Å². The minimum atomic E-state index is -0.503. The lowest BCUT2D eigenvalue weighted by Crippen LogP contribution is -2.43. The van der Waals surface area contributed by atoms with Gasteiger partial charge in [-0.3, -0.25) is 19.4 Å². The lowest BCUT2D eigenvalue weighted by Gasteiger charge is -2.29. The molecule has 1 fully saturated rings. The van der Waals surface area contributed by atoms with Crippen molar-refractivity contribution in [1.29, 1.82) is 0 Å².